The summed E-state index contributed by atoms with van der Waals surface area (Å²) >= 11 is 0. The van der Waals surface area contributed by atoms with Gasteiger partial charge in [0.25, 0.3) is 0 Å². The molecule has 0 amide bonds. The second kappa shape index (κ2) is 7.54. The first-order valence-corrected chi connectivity index (χ1v) is 6.03. The molecule has 0 unspecified atom stereocenters. The van der Waals surface area contributed by atoms with Crippen molar-refractivity contribution < 1.29 is 0 Å². The molecule has 0 saturated carbocycles. The van der Waals surface area contributed by atoms with E-state index >= 15 is 0 Å². The molecule has 0 aliphatic heterocycles. The molecule has 4 nitrogen and oxygen atoms in total. The average molecular weight is 232 g/mol. The highest BCUT2D eigenvalue weighted by atomic mass is 15.0. The lowest BCUT2D eigenvalue weighted by atomic mass is 10.2. The van der Waals surface area contributed by atoms with Crippen LogP contribution in [0.15, 0.2) is 24.0 Å². The quantitative estimate of drug-likeness (QED) is 0.580. The van der Waals surface area contributed by atoms with Gasteiger partial charge in [-0.1, -0.05) is 32.8 Å². The molecule has 4 heteroatoms. The summed E-state index contributed by atoms with van der Waals surface area (Å²) in [5.41, 5.74) is 6.89. The van der Waals surface area contributed by atoms with E-state index in [1.54, 1.807) is 12.4 Å². The van der Waals surface area contributed by atoms with Gasteiger partial charge in [-0.2, -0.15) is 0 Å². The molecule has 0 bridgehead atoms. The molecule has 17 heavy (non-hydrogen) atoms. The molecule has 1 rings (SSSR count). The molecule has 0 radical (unpaired) electrons. The molecule has 1 heterocycles. The summed E-state index contributed by atoms with van der Waals surface area (Å²) in [5, 5.41) is 0. The Morgan fingerprint density at radius 3 is 2.71 bits per heavy atom. The van der Waals surface area contributed by atoms with Crippen LogP contribution in [0.1, 0.15) is 44.6 Å². The normalized spacial score (nSPS) is 10.9. The van der Waals surface area contributed by atoms with Gasteiger partial charge < -0.3 is 5.73 Å². The lowest BCUT2D eigenvalue weighted by Gasteiger charge is -1.99. The standard InChI is InChI=1S/C13H20N4/c1-3-4-5-6-7-8-15-11(2)12-9-16-13(14)17-10-12/h8-10H,2-7H2,1H3,(H2,14,16,17). The minimum absolute atomic E-state index is 0.269. The highest BCUT2D eigenvalue weighted by Crippen LogP contribution is 2.11. The van der Waals surface area contributed by atoms with E-state index in [2.05, 4.69) is 28.5 Å². The van der Waals surface area contributed by atoms with E-state index in [0.717, 1.165) is 12.0 Å². The molecular formula is C13H20N4. The Hall–Kier alpha value is -1.71. The second-order valence-electron chi connectivity index (χ2n) is 3.94. The Morgan fingerprint density at radius 2 is 2.06 bits per heavy atom. The number of nitrogens with two attached hydrogens (primary N) is 1. The molecule has 1 aromatic rings. The summed E-state index contributed by atoms with van der Waals surface area (Å²) in [4.78, 5) is 12.1. The van der Waals surface area contributed by atoms with Gasteiger partial charge >= 0.3 is 0 Å². The number of anilines is 1. The van der Waals surface area contributed by atoms with Gasteiger partial charge in [0.2, 0.25) is 5.95 Å². The zero-order valence-corrected chi connectivity index (χ0v) is 10.4. The second-order valence-corrected chi connectivity index (χ2v) is 3.94. The summed E-state index contributed by atoms with van der Waals surface area (Å²) in [6.45, 7) is 6.08. The SMILES string of the molecule is C=C(N=CCCCCCC)c1cnc(N)nc1. The molecule has 0 saturated heterocycles. The highest BCUT2D eigenvalue weighted by molar-refractivity contribution is 5.71. The van der Waals surface area contributed by atoms with Crippen molar-refractivity contribution in [1.82, 2.24) is 9.97 Å². The number of nitrogens with zero attached hydrogens (tertiary/aromatic N) is 3. The number of aromatic nitrogens is 2. The summed E-state index contributed by atoms with van der Waals surface area (Å²) < 4.78 is 0. The van der Waals surface area contributed by atoms with Crippen molar-refractivity contribution in [3.05, 3.63) is 24.5 Å². The fourth-order valence-corrected chi connectivity index (χ4v) is 1.40. The van der Waals surface area contributed by atoms with Crippen molar-refractivity contribution in [2.75, 3.05) is 5.73 Å². The summed E-state index contributed by atoms with van der Waals surface area (Å²) in [5.74, 6) is 0.269. The van der Waals surface area contributed by atoms with Crippen LogP contribution < -0.4 is 5.73 Å². The van der Waals surface area contributed by atoms with E-state index in [9.17, 15) is 0 Å². The van der Waals surface area contributed by atoms with Crippen molar-refractivity contribution in [3.8, 4) is 0 Å². The molecular weight excluding hydrogens is 212 g/mol. The first kappa shape index (κ1) is 13.4. The maximum atomic E-state index is 5.40. The third-order valence-corrected chi connectivity index (χ3v) is 2.44. The molecule has 0 aliphatic carbocycles. The van der Waals surface area contributed by atoms with Crippen LogP contribution in [-0.4, -0.2) is 16.2 Å². The monoisotopic (exact) mass is 232 g/mol. The average Bonchev–Trinajstić information content (AvgIpc) is 2.34. The third kappa shape index (κ3) is 5.24. The van der Waals surface area contributed by atoms with Crippen LogP contribution >= 0.6 is 0 Å². The molecule has 0 aliphatic rings. The molecule has 1 aromatic heterocycles. The Bertz CT molecular complexity index is 368. The van der Waals surface area contributed by atoms with Gasteiger partial charge in [-0.3, -0.25) is 4.99 Å². The third-order valence-electron chi connectivity index (χ3n) is 2.44. The van der Waals surface area contributed by atoms with Crippen molar-refractivity contribution in [2.45, 2.75) is 39.0 Å². The van der Waals surface area contributed by atoms with Gasteiger partial charge in [0, 0.05) is 24.2 Å². The smallest absolute Gasteiger partial charge is 0.219 e. The fourth-order valence-electron chi connectivity index (χ4n) is 1.40. The van der Waals surface area contributed by atoms with Crippen molar-refractivity contribution in [3.63, 3.8) is 0 Å². The van der Waals surface area contributed by atoms with Crippen LogP contribution in [0.3, 0.4) is 0 Å². The molecule has 92 valence electrons. The molecule has 2 N–H and O–H groups in total. The number of hydrogen-bond acceptors (Lipinski definition) is 4. The van der Waals surface area contributed by atoms with Gasteiger partial charge in [-0.05, 0) is 12.8 Å². The Kier molecular flexibility index (Phi) is 5.93. The lowest BCUT2D eigenvalue weighted by Crippen LogP contribution is -1.94. The predicted molar refractivity (Wildman–Crippen MR) is 72.7 cm³/mol. The van der Waals surface area contributed by atoms with Crippen LogP contribution in [0.5, 0.6) is 0 Å². The number of rotatable bonds is 7. The summed E-state index contributed by atoms with van der Waals surface area (Å²) in [6.07, 6.45) is 11.2. The molecule has 0 aromatic carbocycles. The van der Waals surface area contributed by atoms with Gasteiger partial charge in [0.15, 0.2) is 0 Å². The van der Waals surface area contributed by atoms with Gasteiger partial charge in [0.05, 0.1) is 5.70 Å². The van der Waals surface area contributed by atoms with E-state index in [4.69, 9.17) is 5.73 Å². The van der Waals surface area contributed by atoms with Crippen molar-refractivity contribution in [2.24, 2.45) is 4.99 Å². The number of unbranched alkanes of at least 4 members (excludes halogenated alkanes) is 4. The van der Waals surface area contributed by atoms with Gasteiger partial charge in [-0.15, -0.1) is 0 Å². The molecule has 0 spiro atoms. The van der Waals surface area contributed by atoms with Crippen LogP contribution in [0, 0.1) is 0 Å². The minimum Gasteiger partial charge on any atom is -0.368 e. The van der Waals surface area contributed by atoms with Crippen LogP contribution in [-0.2, 0) is 0 Å². The zero-order valence-electron chi connectivity index (χ0n) is 10.4. The zero-order chi connectivity index (χ0) is 12.5. The van der Waals surface area contributed by atoms with E-state index in [1.807, 2.05) is 6.21 Å². The predicted octanol–water partition coefficient (Wildman–Crippen LogP) is 3.07. The molecule has 0 fully saturated rings. The van der Waals surface area contributed by atoms with E-state index in [1.165, 1.54) is 25.7 Å². The van der Waals surface area contributed by atoms with E-state index in [0.29, 0.717) is 5.70 Å². The van der Waals surface area contributed by atoms with Gasteiger partial charge in [-0.25, -0.2) is 9.97 Å². The summed E-state index contributed by atoms with van der Waals surface area (Å²) in [7, 11) is 0. The summed E-state index contributed by atoms with van der Waals surface area (Å²) in [6, 6.07) is 0. The van der Waals surface area contributed by atoms with Crippen LogP contribution in [0.25, 0.3) is 5.70 Å². The van der Waals surface area contributed by atoms with Crippen LogP contribution in [0.2, 0.25) is 0 Å². The fraction of sp³-hybridized carbons (Fsp3) is 0.462. The number of nitrogen functional groups attached to an aromatic ring is 1. The van der Waals surface area contributed by atoms with Crippen LogP contribution in [0.4, 0.5) is 5.95 Å². The maximum absolute atomic E-state index is 5.40. The van der Waals surface area contributed by atoms with E-state index in [-0.39, 0.29) is 5.95 Å². The number of aliphatic imine (C=N–C) groups is 1. The first-order chi connectivity index (χ1) is 8.24. The number of hydrogen-bond donors (Lipinski definition) is 1. The Morgan fingerprint density at radius 1 is 1.35 bits per heavy atom. The molecule has 0 atom stereocenters. The van der Waals surface area contributed by atoms with Crippen molar-refractivity contribution in [1.29, 1.82) is 0 Å². The Balaban J connectivity index is 2.33. The highest BCUT2D eigenvalue weighted by Gasteiger charge is 1.97. The van der Waals surface area contributed by atoms with Gasteiger partial charge in [0.1, 0.15) is 0 Å². The van der Waals surface area contributed by atoms with Crippen molar-refractivity contribution >= 4 is 17.9 Å². The first-order valence-electron chi connectivity index (χ1n) is 6.03. The Labute approximate surface area is 103 Å². The minimum atomic E-state index is 0.269. The largest absolute Gasteiger partial charge is 0.368 e. The van der Waals surface area contributed by atoms with E-state index < -0.39 is 0 Å². The topological polar surface area (TPSA) is 64.2 Å². The lowest BCUT2D eigenvalue weighted by molar-refractivity contribution is 0.685. The maximum Gasteiger partial charge on any atom is 0.219 e.